The molecular formula is C11H18F3NO5S. The largest absolute Gasteiger partial charge is 0.480 e. The second kappa shape index (κ2) is 7.41. The molecule has 0 radical (unpaired) electrons. The Morgan fingerprint density at radius 1 is 1.38 bits per heavy atom. The molecule has 0 saturated carbocycles. The summed E-state index contributed by atoms with van der Waals surface area (Å²) in [7, 11) is -3.15. The molecule has 10 heteroatoms. The maximum atomic E-state index is 11.9. The Kier molecular flexibility index (Phi) is 6.41. The topological polar surface area (TPSA) is 83.9 Å². The van der Waals surface area contributed by atoms with Crippen LogP contribution in [-0.2, 0) is 19.4 Å². The van der Waals surface area contributed by atoms with Gasteiger partial charge in [0.05, 0.1) is 18.1 Å². The first-order chi connectivity index (χ1) is 9.59. The number of carboxylic acids is 1. The highest BCUT2D eigenvalue weighted by Crippen LogP contribution is 2.18. The molecule has 1 saturated heterocycles. The Hall–Kier alpha value is -0.870. The van der Waals surface area contributed by atoms with Crippen LogP contribution in [0, 0.1) is 0 Å². The van der Waals surface area contributed by atoms with E-state index in [0.717, 1.165) is 0 Å². The van der Waals surface area contributed by atoms with Crippen LogP contribution < -0.4 is 0 Å². The van der Waals surface area contributed by atoms with E-state index in [0.29, 0.717) is 6.42 Å². The number of hydrogen-bond acceptors (Lipinski definition) is 5. The molecule has 6 nitrogen and oxygen atoms in total. The van der Waals surface area contributed by atoms with E-state index in [1.54, 1.807) is 0 Å². The summed E-state index contributed by atoms with van der Waals surface area (Å²) in [5, 5.41) is 8.81. The van der Waals surface area contributed by atoms with E-state index in [9.17, 15) is 26.4 Å². The zero-order valence-corrected chi connectivity index (χ0v) is 12.1. The Bertz CT molecular complexity index is 451. The maximum absolute atomic E-state index is 11.9. The molecule has 124 valence electrons. The number of hydrogen-bond donors (Lipinski definition) is 1. The van der Waals surface area contributed by atoms with Gasteiger partial charge in [0, 0.05) is 19.2 Å². The molecule has 1 aliphatic heterocycles. The summed E-state index contributed by atoms with van der Waals surface area (Å²) in [6.45, 7) is -1.65. The first-order valence-corrected chi connectivity index (χ1v) is 8.22. The molecule has 1 heterocycles. The highest BCUT2D eigenvalue weighted by molar-refractivity contribution is 7.91. The number of carboxylic acid groups (broad SMARTS) is 1. The summed E-state index contributed by atoms with van der Waals surface area (Å²) in [4.78, 5) is 12.3. The normalized spacial score (nSPS) is 21.8. The third-order valence-electron chi connectivity index (χ3n) is 3.06. The predicted octanol–water partition coefficient (Wildman–Crippen LogP) is 0.529. The van der Waals surface area contributed by atoms with Crippen molar-refractivity contribution < 1.29 is 36.2 Å². The number of ether oxygens (including phenoxy) is 1. The highest BCUT2D eigenvalue weighted by Gasteiger charge is 2.33. The number of aliphatic carboxylic acids is 1. The van der Waals surface area contributed by atoms with Gasteiger partial charge >= 0.3 is 12.1 Å². The van der Waals surface area contributed by atoms with Crippen molar-refractivity contribution in [1.82, 2.24) is 4.90 Å². The smallest absolute Gasteiger partial charge is 0.411 e. The van der Waals surface area contributed by atoms with Crippen molar-refractivity contribution in [2.24, 2.45) is 0 Å². The van der Waals surface area contributed by atoms with E-state index in [4.69, 9.17) is 5.11 Å². The fourth-order valence-corrected chi connectivity index (χ4v) is 3.95. The molecule has 0 aromatic carbocycles. The molecule has 1 N–H and O–H groups in total. The summed E-state index contributed by atoms with van der Waals surface area (Å²) in [6, 6.07) is -0.395. The summed E-state index contributed by atoms with van der Waals surface area (Å²) in [5.41, 5.74) is 0. The fraction of sp³-hybridized carbons (Fsp3) is 0.909. The molecule has 1 atom stereocenters. The van der Waals surface area contributed by atoms with Gasteiger partial charge in [-0.15, -0.1) is 0 Å². The second-order valence-corrected chi connectivity index (χ2v) is 7.17. The van der Waals surface area contributed by atoms with Gasteiger partial charge < -0.3 is 9.84 Å². The predicted molar refractivity (Wildman–Crippen MR) is 67.8 cm³/mol. The summed E-state index contributed by atoms with van der Waals surface area (Å²) >= 11 is 0. The quantitative estimate of drug-likeness (QED) is 0.652. The van der Waals surface area contributed by atoms with Crippen molar-refractivity contribution in [2.45, 2.75) is 25.1 Å². The van der Waals surface area contributed by atoms with Gasteiger partial charge in [-0.1, -0.05) is 0 Å². The van der Waals surface area contributed by atoms with Crippen LogP contribution in [0.3, 0.4) is 0 Å². The van der Waals surface area contributed by atoms with Crippen LogP contribution in [0.2, 0.25) is 0 Å². The van der Waals surface area contributed by atoms with E-state index in [2.05, 4.69) is 4.74 Å². The Balaban J connectivity index is 2.39. The van der Waals surface area contributed by atoms with Gasteiger partial charge in [-0.05, 0) is 12.8 Å². The van der Waals surface area contributed by atoms with Crippen LogP contribution in [0.5, 0.6) is 0 Å². The zero-order chi connectivity index (χ0) is 16.1. The first-order valence-electron chi connectivity index (χ1n) is 6.40. The van der Waals surface area contributed by atoms with Crippen molar-refractivity contribution >= 4 is 15.8 Å². The lowest BCUT2D eigenvalue weighted by Crippen LogP contribution is -2.40. The van der Waals surface area contributed by atoms with E-state index in [1.807, 2.05) is 0 Å². The number of nitrogens with zero attached hydrogens (tertiary/aromatic N) is 1. The molecule has 21 heavy (non-hydrogen) atoms. The zero-order valence-electron chi connectivity index (χ0n) is 11.3. The fourth-order valence-electron chi connectivity index (χ4n) is 2.19. The molecule has 1 aliphatic rings. The van der Waals surface area contributed by atoms with Crippen molar-refractivity contribution in [2.75, 3.05) is 37.8 Å². The van der Waals surface area contributed by atoms with Crippen LogP contribution in [0.25, 0.3) is 0 Å². The van der Waals surface area contributed by atoms with Crippen molar-refractivity contribution in [1.29, 1.82) is 0 Å². The molecule has 0 amide bonds. The van der Waals surface area contributed by atoms with Gasteiger partial charge in [0.25, 0.3) is 0 Å². The van der Waals surface area contributed by atoms with Gasteiger partial charge in [-0.25, -0.2) is 8.42 Å². The van der Waals surface area contributed by atoms with Gasteiger partial charge in [-0.2, -0.15) is 13.2 Å². The van der Waals surface area contributed by atoms with Gasteiger partial charge in [-0.3, -0.25) is 9.69 Å². The average Bonchev–Trinajstić information content (AvgIpc) is 2.65. The van der Waals surface area contributed by atoms with Crippen LogP contribution >= 0.6 is 0 Å². The van der Waals surface area contributed by atoms with E-state index < -0.39 is 34.6 Å². The summed E-state index contributed by atoms with van der Waals surface area (Å²) in [5.74, 6) is -1.20. The van der Waals surface area contributed by atoms with Crippen molar-refractivity contribution in [3.63, 3.8) is 0 Å². The first kappa shape index (κ1) is 18.2. The van der Waals surface area contributed by atoms with Gasteiger partial charge in [0.15, 0.2) is 9.84 Å². The number of rotatable bonds is 8. The molecule has 0 spiro atoms. The molecule has 1 fully saturated rings. The molecule has 0 aromatic heterocycles. The third-order valence-corrected chi connectivity index (χ3v) is 4.81. The molecular weight excluding hydrogens is 315 g/mol. The number of halogens is 3. The Labute approximate surface area is 120 Å². The standard InChI is InChI=1S/C11H18F3NO5S/c12-11(13,14)8-20-4-1-3-15(6-10(16)17)9-2-5-21(18,19)7-9/h9H,1-8H2,(H,16,17). The lowest BCUT2D eigenvalue weighted by Gasteiger charge is -2.26. The average molecular weight is 333 g/mol. The maximum Gasteiger partial charge on any atom is 0.411 e. The number of alkyl halides is 3. The molecule has 1 rings (SSSR count). The minimum absolute atomic E-state index is 0.0123. The van der Waals surface area contributed by atoms with Gasteiger partial charge in [0.2, 0.25) is 0 Å². The van der Waals surface area contributed by atoms with E-state index in [1.165, 1.54) is 4.90 Å². The van der Waals surface area contributed by atoms with Crippen molar-refractivity contribution in [3.05, 3.63) is 0 Å². The molecule has 0 aliphatic carbocycles. The third kappa shape index (κ3) is 7.63. The van der Waals surface area contributed by atoms with E-state index >= 15 is 0 Å². The molecule has 1 unspecified atom stereocenters. The van der Waals surface area contributed by atoms with Crippen LogP contribution in [-0.4, -0.2) is 74.4 Å². The Morgan fingerprint density at radius 2 is 2.05 bits per heavy atom. The monoisotopic (exact) mass is 333 g/mol. The second-order valence-electron chi connectivity index (χ2n) is 4.94. The summed E-state index contributed by atoms with van der Waals surface area (Å²) in [6.07, 6.45) is -3.83. The molecule has 0 aromatic rings. The number of sulfone groups is 1. The van der Waals surface area contributed by atoms with Crippen molar-refractivity contribution in [3.8, 4) is 0 Å². The lowest BCUT2D eigenvalue weighted by molar-refractivity contribution is -0.174. The lowest BCUT2D eigenvalue weighted by atomic mass is 10.2. The Morgan fingerprint density at radius 3 is 2.52 bits per heavy atom. The SMILES string of the molecule is O=C(O)CN(CCCOCC(F)(F)F)C1CCS(=O)(=O)C1. The van der Waals surface area contributed by atoms with Crippen LogP contribution in [0.1, 0.15) is 12.8 Å². The summed E-state index contributed by atoms with van der Waals surface area (Å²) < 4.78 is 62.8. The van der Waals surface area contributed by atoms with E-state index in [-0.39, 0.29) is 37.6 Å². The molecule has 0 bridgehead atoms. The number of carbonyl (C=O) groups is 1. The van der Waals surface area contributed by atoms with Crippen LogP contribution in [0.15, 0.2) is 0 Å². The van der Waals surface area contributed by atoms with Crippen LogP contribution in [0.4, 0.5) is 13.2 Å². The minimum atomic E-state index is -4.39. The minimum Gasteiger partial charge on any atom is -0.480 e. The van der Waals surface area contributed by atoms with Gasteiger partial charge in [0.1, 0.15) is 6.61 Å². The highest BCUT2D eigenvalue weighted by atomic mass is 32.2.